The van der Waals surface area contributed by atoms with Gasteiger partial charge in [0, 0.05) is 56.5 Å². The molecule has 0 bridgehead atoms. The van der Waals surface area contributed by atoms with Crippen molar-refractivity contribution in [1.29, 1.82) is 0 Å². The van der Waals surface area contributed by atoms with E-state index in [9.17, 15) is 24.1 Å². The molecule has 1 rings (SSSR count). The van der Waals surface area contributed by atoms with E-state index >= 15 is 0 Å². The Morgan fingerprint density at radius 3 is 1.34 bits per heavy atom. The maximum Gasteiger partial charge on any atom is 0.223 e. The molecule has 1 atom stereocenters. The topological polar surface area (TPSA) is 201 Å². The SMILES string of the molecule is C#CCOCCOCCNC(=O)CCC(CCC(=O)NCCOCCOCC#C)(CCC(=O)NCCOCCOCC#C)NC(=O)C1CCC(OP(O)(=S)CC)CC1. The first-order chi connectivity index (χ1) is 28.0. The summed E-state index contributed by atoms with van der Waals surface area (Å²) in [5, 5.41) is 11.7. The molecule has 0 radical (unpaired) electrons. The molecule has 0 spiro atoms. The lowest BCUT2D eigenvalue weighted by atomic mass is 9.81. The maximum atomic E-state index is 14.0. The van der Waals surface area contributed by atoms with Crippen molar-refractivity contribution in [2.75, 3.05) is 105 Å². The zero-order valence-electron chi connectivity index (χ0n) is 34.1. The number of nitrogens with one attached hydrogen (secondary N) is 4. The second kappa shape index (κ2) is 33.7. The smallest absolute Gasteiger partial charge is 0.223 e. The number of carbonyl (C=O) groups is 4. The van der Waals surface area contributed by atoms with Crippen molar-refractivity contribution >= 4 is 41.9 Å². The van der Waals surface area contributed by atoms with Gasteiger partial charge >= 0.3 is 0 Å². The molecule has 5 N–H and O–H groups in total. The quantitative estimate of drug-likeness (QED) is 0.0349. The van der Waals surface area contributed by atoms with Crippen molar-refractivity contribution in [2.45, 2.75) is 82.8 Å². The molecule has 1 aliphatic carbocycles. The molecular weight excluding hydrogens is 791 g/mol. The summed E-state index contributed by atoms with van der Waals surface area (Å²) < 4.78 is 37.8. The number of ether oxygens (including phenoxy) is 6. The average molecular weight is 857 g/mol. The molecule has 1 saturated carbocycles. The van der Waals surface area contributed by atoms with E-state index in [4.69, 9.17) is 64.0 Å². The Morgan fingerprint density at radius 1 is 0.638 bits per heavy atom. The highest BCUT2D eigenvalue weighted by atomic mass is 32.5. The van der Waals surface area contributed by atoms with Crippen molar-refractivity contribution in [3.8, 4) is 37.0 Å². The summed E-state index contributed by atoms with van der Waals surface area (Å²) in [5.41, 5.74) is -1.09. The van der Waals surface area contributed by atoms with Gasteiger partial charge in [0.15, 0.2) is 6.49 Å². The van der Waals surface area contributed by atoms with Crippen LogP contribution in [0.1, 0.15) is 71.1 Å². The highest BCUT2D eigenvalue weighted by Gasteiger charge is 2.37. The zero-order chi connectivity index (χ0) is 42.7. The van der Waals surface area contributed by atoms with Crippen molar-refractivity contribution in [3.63, 3.8) is 0 Å². The summed E-state index contributed by atoms with van der Waals surface area (Å²) in [6, 6.07) is 0. The van der Waals surface area contributed by atoms with Gasteiger partial charge in [-0.1, -0.05) is 24.7 Å². The Balaban J connectivity index is 3.03. The van der Waals surface area contributed by atoms with E-state index in [0.717, 1.165) is 0 Å². The van der Waals surface area contributed by atoms with E-state index in [-0.39, 0.29) is 133 Å². The minimum atomic E-state index is -2.87. The summed E-state index contributed by atoms with van der Waals surface area (Å²) in [6.07, 6.45) is 18.3. The maximum absolute atomic E-state index is 14.0. The number of rotatable bonds is 35. The molecule has 0 aliphatic heterocycles. The molecule has 0 aromatic heterocycles. The van der Waals surface area contributed by atoms with Gasteiger partial charge in [0.25, 0.3) is 0 Å². The number of hydrogen-bond donors (Lipinski definition) is 5. The van der Waals surface area contributed by atoms with Crippen LogP contribution in [0.5, 0.6) is 0 Å². The first-order valence-corrected chi connectivity index (χ1v) is 22.7. The number of amides is 4. The van der Waals surface area contributed by atoms with Gasteiger partial charge < -0.3 is 59.1 Å². The monoisotopic (exact) mass is 856 g/mol. The summed E-state index contributed by atoms with van der Waals surface area (Å²) in [7, 11) is 0. The Bertz CT molecular complexity index is 1250. The molecule has 1 aliphatic rings. The van der Waals surface area contributed by atoms with E-state index < -0.39 is 12.0 Å². The Hall–Kier alpha value is -3.11. The third-order valence-electron chi connectivity index (χ3n) is 9.02. The van der Waals surface area contributed by atoms with Crippen LogP contribution >= 0.6 is 6.49 Å². The number of carbonyl (C=O) groups excluding carboxylic acids is 4. The van der Waals surface area contributed by atoms with Crippen LogP contribution in [0.3, 0.4) is 0 Å². The van der Waals surface area contributed by atoms with Gasteiger partial charge in [-0.05, 0) is 56.8 Å². The van der Waals surface area contributed by atoms with Gasteiger partial charge in [-0.15, -0.1) is 19.3 Å². The summed E-state index contributed by atoms with van der Waals surface area (Å²) >= 11 is 5.22. The fourth-order valence-corrected chi connectivity index (χ4v) is 7.02. The van der Waals surface area contributed by atoms with Gasteiger partial charge in [0.2, 0.25) is 23.6 Å². The number of hydrogen-bond acceptors (Lipinski definition) is 12. The van der Waals surface area contributed by atoms with E-state index in [1.54, 1.807) is 6.92 Å². The van der Waals surface area contributed by atoms with Gasteiger partial charge in [-0.3, -0.25) is 19.2 Å². The van der Waals surface area contributed by atoms with Crippen molar-refractivity contribution in [3.05, 3.63) is 0 Å². The normalized spacial score (nSPS) is 16.2. The second-order valence-electron chi connectivity index (χ2n) is 13.5. The van der Waals surface area contributed by atoms with Crippen molar-refractivity contribution in [2.24, 2.45) is 5.92 Å². The van der Waals surface area contributed by atoms with E-state index in [1.165, 1.54) is 0 Å². The van der Waals surface area contributed by atoms with Gasteiger partial charge in [-0.25, -0.2) is 0 Å². The molecule has 58 heavy (non-hydrogen) atoms. The standard InChI is InChI=1S/C40H65N4O12PS/c1-5-22-50-28-31-53-25-19-41-36(45)13-16-40(17-14-37(46)42-20-26-54-32-29-51-23-6-2,18-15-38(47)43-21-27-55-33-30-52-24-7-3)44-39(48)34-9-11-35(12-10-34)56-57(49,58)8-4/h1-3,34-35H,8-33H2,4H3,(H,41,45)(H,42,46)(H,43,47)(H,44,48)(H,49,58). The molecule has 0 heterocycles. The highest BCUT2D eigenvalue weighted by molar-refractivity contribution is 8.09. The van der Waals surface area contributed by atoms with Crippen LogP contribution in [-0.4, -0.2) is 145 Å². The average Bonchev–Trinajstić information content (AvgIpc) is 3.21. The van der Waals surface area contributed by atoms with Crippen LogP contribution in [0.2, 0.25) is 0 Å². The third kappa shape index (κ3) is 27.6. The molecule has 328 valence electrons. The van der Waals surface area contributed by atoms with E-state index in [1.807, 2.05) is 0 Å². The molecule has 16 nitrogen and oxygen atoms in total. The summed E-state index contributed by atoms with van der Waals surface area (Å²) in [6.45, 7) is 2.94. The Morgan fingerprint density at radius 2 is 1.00 bits per heavy atom. The molecule has 0 saturated heterocycles. The summed E-state index contributed by atoms with van der Waals surface area (Å²) in [4.78, 5) is 63.6. The fourth-order valence-electron chi connectivity index (χ4n) is 5.83. The lowest BCUT2D eigenvalue weighted by molar-refractivity contribution is -0.131. The first kappa shape index (κ1) is 52.9. The van der Waals surface area contributed by atoms with Crippen LogP contribution in [0.4, 0.5) is 0 Å². The van der Waals surface area contributed by atoms with Crippen LogP contribution in [0.25, 0.3) is 0 Å². The van der Waals surface area contributed by atoms with E-state index in [0.29, 0.717) is 71.5 Å². The minimum absolute atomic E-state index is 0.0126. The molecule has 1 unspecified atom stereocenters. The third-order valence-corrected chi connectivity index (χ3v) is 11.5. The minimum Gasteiger partial charge on any atom is -0.377 e. The van der Waals surface area contributed by atoms with Crippen molar-refractivity contribution < 1.29 is 57.0 Å². The van der Waals surface area contributed by atoms with Crippen LogP contribution in [-0.2, 0) is 63.9 Å². The van der Waals surface area contributed by atoms with E-state index in [2.05, 4.69) is 39.0 Å². The lowest BCUT2D eigenvalue weighted by Gasteiger charge is -2.38. The van der Waals surface area contributed by atoms with Crippen LogP contribution < -0.4 is 21.3 Å². The predicted octanol–water partition coefficient (Wildman–Crippen LogP) is 1.43. The zero-order valence-corrected chi connectivity index (χ0v) is 35.8. The fraction of sp³-hybridized carbons (Fsp3) is 0.750. The van der Waals surface area contributed by atoms with Gasteiger partial charge in [0.05, 0.1) is 65.6 Å². The number of terminal acetylenes is 3. The molecular formula is C40H65N4O12PS. The Labute approximate surface area is 350 Å². The summed E-state index contributed by atoms with van der Waals surface area (Å²) in [5.74, 6) is 5.68. The highest BCUT2D eigenvalue weighted by Crippen LogP contribution is 2.46. The first-order valence-electron chi connectivity index (χ1n) is 19.9. The van der Waals surface area contributed by atoms with Crippen LogP contribution in [0.15, 0.2) is 0 Å². The largest absolute Gasteiger partial charge is 0.377 e. The lowest BCUT2D eigenvalue weighted by Crippen LogP contribution is -2.52. The molecule has 1 fully saturated rings. The molecule has 18 heteroatoms. The molecule has 0 aromatic rings. The van der Waals surface area contributed by atoms with Gasteiger partial charge in [0.1, 0.15) is 19.8 Å². The van der Waals surface area contributed by atoms with Gasteiger partial charge in [-0.2, -0.15) is 0 Å². The van der Waals surface area contributed by atoms with Crippen LogP contribution in [0, 0.1) is 42.9 Å². The predicted molar refractivity (Wildman–Crippen MR) is 223 cm³/mol. The second-order valence-corrected chi connectivity index (χ2v) is 17.3. The Kier molecular flexibility index (Phi) is 30.7. The van der Waals surface area contributed by atoms with Crippen molar-refractivity contribution in [1.82, 2.24) is 21.3 Å². The molecule has 0 aromatic carbocycles. The molecule has 4 amide bonds.